The fraction of sp³-hybridized carbons (Fsp3) is 0.500. The van der Waals surface area contributed by atoms with Gasteiger partial charge in [-0.05, 0) is 18.9 Å². The Hall–Kier alpha value is -0.710. The molecule has 1 aliphatic heterocycles. The van der Waals surface area contributed by atoms with Gasteiger partial charge in [0.15, 0.2) is 0 Å². The Balaban J connectivity index is 2.18. The van der Waals surface area contributed by atoms with Crippen LogP contribution in [-0.4, -0.2) is 40.1 Å². The van der Waals surface area contributed by atoms with Crippen molar-refractivity contribution in [3.8, 4) is 0 Å². The van der Waals surface area contributed by atoms with Gasteiger partial charge in [0.05, 0.1) is 17.7 Å². The standard InChI is InChI=1S/C10H12Cl2N2O2/c11-7-4-8(13-9(7)12)10(16)14-3-1-2-6(14)5-15/h4,6,13,15H,1-3,5H2/t6-/m1/s1. The van der Waals surface area contributed by atoms with Crippen molar-refractivity contribution in [2.45, 2.75) is 18.9 Å². The summed E-state index contributed by atoms with van der Waals surface area (Å²) in [7, 11) is 0. The predicted molar refractivity (Wildman–Crippen MR) is 62.0 cm³/mol. The van der Waals surface area contributed by atoms with E-state index in [-0.39, 0.29) is 23.7 Å². The van der Waals surface area contributed by atoms with Gasteiger partial charge in [-0.1, -0.05) is 23.2 Å². The fourth-order valence-corrected chi connectivity index (χ4v) is 2.28. The molecule has 0 aromatic carbocycles. The molecule has 0 spiro atoms. The van der Waals surface area contributed by atoms with E-state index in [0.717, 1.165) is 12.8 Å². The first-order valence-electron chi connectivity index (χ1n) is 5.09. The number of rotatable bonds is 2. The summed E-state index contributed by atoms with van der Waals surface area (Å²) in [6.07, 6.45) is 1.75. The van der Waals surface area contributed by atoms with E-state index in [0.29, 0.717) is 17.3 Å². The van der Waals surface area contributed by atoms with Crippen LogP contribution in [0.2, 0.25) is 10.2 Å². The fourth-order valence-electron chi connectivity index (χ4n) is 1.97. The highest BCUT2D eigenvalue weighted by molar-refractivity contribution is 6.41. The topological polar surface area (TPSA) is 56.3 Å². The second kappa shape index (κ2) is 4.65. The summed E-state index contributed by atoms with van der Waals surface area (Å²) >= 11 is 11.5. The first-order valence-corrected chi connectivity index (χ1v) is 5.85. The molecule has 0 saturated carbocycles. The molecule has 1 aromatic heterocycles. The number of hydrogen-bond donors (Lipinski definition) is 2. The largest absolute Gasteiger partial charge is 0.394 e. The lowest BCUT2D eigenvalue weighted by atomic mass is 10.2. The van der Waals surface area contributed by atoms with Crippen LogP contribution in [0.15, 0.2) is 6.07 Å². The van der Waals surface area contributed by atoms with Crippen molar-refractivity contribution in [2.75, 3.05) is 13.2 Å². The minimum absolute atomic E-state index is 0.00604. The average Bonchev–Trinajstić information content (AvgIpc) is 2.85. The number of H-pyrrole nitrogens is 1. The number of carbonyl (C=O) groups is 1. The monoisotopic (exact) mass is 262 g/mol. The van der Waals surface area contributed by atoms with Gasteiger partial charge in [0.1, 0.15) is 10.8 Å². The summed E-state index contributed by atoms with van der Waals surface area (Å²) in [4.78, 5) is 16.4. The van der Waals surface area contributed by atoms with Crippen LogP contribution in [0.1, 0.15) is 23.3 Å². The van der Waals surface area contributed by atoms with Crippen LogP contribution >= 0.6 is 23.2 Å². The first kappa shape index (κ1) is 11.8. The van der Waals surface area contributed by atoms with E-state index in [4.69, 9.17) is 28.3 Å². The second-order valence-corrected chi connectivity index (χ2v) is 4.61. The van der Waals surface area contributed by atoms with Gasteiger partial charge in [-0.15, -0.1) is 0 Å². The minimum atomic E-state index is -0.162. The van der Waals surface area contributed by atoms with Crippen molar-refractivity contribution < 1.29 is 9.90 Å². The Kier molecular flexibility index (Phi) is 3.42. The minimum Gasteiger partial charge on any atom is -0.394 e. The number of aliphatic hydroxyl groups is 1. The zero-order valence-corrected chi connectivity index (χ0v) is 10.1. The third-order valence-corrected chi connectivity index (χ3v) is 3.50. The summed E-state index contributed by atoms with van der Waals surface area (Å²) in [5, 5.41) is 9.74. The molecule has 0 bridgehead atoms. The molecule has 1 atom stereocenters. The number of halogens is 2. The molecule has 6 heteroatoms. The Morgan fingerprint density at radius 3 is 2.94 bits per heavy atom. The van der Waals surface area contributed by atoms with Crippen molar-refractivity contribution in [3.05, 3.63) is 21.9 Å². The molecule has 4 nitrogen and oxygen atoms in total. The predicted octanol–water partition coefficient (Wildman–Crippen LogP) is 1.92. The van der Waals surface area contributed by atoms with Gasteiger partial charge in [-0.3, -0.25) is 4.79 Å². The number of hydrogen-bond acceptors (Lipinski definition) is 2. The third-order valence-electron chi connectivity index (χ3n) is 2.80. The van der Waals surface area contributed by atoms with Crippen LogP contribution < -0.4 is 0 Å². The molecular formula is C10H12Cl2N2O2. The van der Waals surface area contributed by atoms with E-state index in [2.05, 4.69) is 4.98 Å². The van der Waals surface area contributed by atoms with Crippen molar-refractivity contribution in [2.24, 2.45) is 0 Å². The number of amides is 1. The molecule has 1 aromatic rings. The summed E-state index contributed by atoms with van der Waals surface area (Å²) in [6.45, 7) is 0.659. The highest BCUT2D eigenvalue weighted by atomic mass is 35.5. The molecule has 2 rings (SSSR count). The maximum atomic E-state index is 12.0. The molecule has 2 heterocycles. The Morgan fingerprint density at radius 2 is 2.38 bits per heavy atom. The van der Waals surface area contributed by atoms with Gasteiger partial charge in [-0.2, -0.15) is 0 Å². The van der Waals surface area contributed by atoms with Gasteiger partial charge in [0.2, 0.25) is 0 Å². The molecule has 1 amide bonds. The highest BCUT2D eigenvalue weighted by Gasteiger charge is 2.29. The number of likely N-dealkylation sites (tertiary alicyclic amines) is 1. The van der Waals surface area contributed by atoms with Gasteiger partial charge >= 0.3 is 0 Å². The molecule has 2 N–H and O–H groups in total. The van der Waals surface area contributed by atoms with Crippen molar-refractivity contribution in [1.82, 2.24) is 9.88 Å². The van der Waals surface area contributed by atoms with Crippen LogP contribution in [0.3, 0.4) is 0 Å². The van der Waals surface area contributed by atoms with Gasteiger partial charge in [0.25, 0.3) is 5.91 Å². The molecular weight excluding hydrogens is 251 g/mol. The van der Waals surface area contributed by atoms with E-state index in [9.17, 15) is 4.79 Å². The molecule has 16 heavy (non-hydrogen) atoms. The second-order valence-electron chi connectivity index (χ2n) is 3.82. The van der Waals surface area contributed by atoms with E-state index in [1.165, 1.54) is 6.07 Å². The van der Waals surface area contributed by atoms with Crippen LogP contribution in [0, 0.1) is 0 Å². The third kappa shape index (κ3) is 2.05. The molecule has 0 radical (unpaired) electrons. The number of carbonyl (C=O) groups excluding carboxylic acids is 1. The first-order chi connectivity index (χ1) is 7.63. The quantitative estimate of drug-likeness (QED) is 0.856. The molecule has 1 fully saturated rings. The number of aromatic amines is 1. The van der Waals surface area contributed by atoms with Crippen molar-refractivity contribution in [1.29, 1.82) is 0 Å². The lowest BCUT2D eigenvalue weighted by molar-refractivity contribution is 0.0672. The van der Waals surface area contributed by atoms with Gasteiger partial charge in [-0.25, -0.2) is 0 Å². The van der Waals surface area contributed by atoms with E-state index in [1.807, 2.05) is 0 Å². The van der Waals surface area contributed by atoms with Crippen LogP contribution in [0.25, 0.3) is 0 Å². The summed E-state index contributed by atoms with van der Waals surface area (Å²) in [5.74, 6) is -0.162. The number of aromatic nitrogens is 1. The van der Waals surface area contributed by atoms with Gasteiger partial charge in [0, 0.05) is 6.54 Å². The van der Waals surface area contributed by atoms with E-state index >= 15 is 0 Å². The lowest BCUT2D eigenvalue weighted by Crippen LogP contribution is -2.37. The van der Waals surface area contributed by atoms with Crippen molar-refractivity contribution >= 4 is 29.1 Å². The lowest BCUT2D eigenvalue weighted by Gasteiger charge is -2.22. The smallest absolute Gasteiger partial charge is 0.270 e. The molecule has 1 aliphatic rings. The maximum Gasteiger partial charge on any atom is 0.270 e. The number of nitrogens with one attached hydrogen (secondary N) is 1. The summed E-state index contributed by atoms with van der Waals surface area (Å²) < 4.78 is 0. The van der Waals surface area contributed by atoms with Crippen molar-refractivity contribution in [3.63, 3.8) is 0 Å². The Morgan fingerprint density at radius 1 is 1.62 bits per heavy atom. The van der Waals surface area contributed by atoms with E-state index < -0.39 is 0 Å². The van der Waals surface area contributed by atoms with Crippen LogP contribution in [-0.2, 0) is 0 Å². The molecule has 1 saturated heterocycles. The van der Waals surface area contributed by atoms with Gasteiger partial charge < -0.3 is 15.0 Å². The Bertz CT molecular complexity index is 386. The zero-order valence-electron chi connectivity index (χ0n) is 8.54. The summed E-state index contributed by atoms with van der Waals surface area (Å²) in [5.41, 5.74) is 0.371. The molecule has 88 valence electrons. The molecule has 0 unspecified atom stereocenters. The number of aliphatic hydroxyl groups excluding tert-OH is 1. The van der Waals surface area contributed by atoms with Crippen LogP contribution in [0.4, 0.5) is 0 Å². The zero-order chi connectivity index (χ0) is 11.7. The maximum absolute atomic E-state index is 12.0. The SMILES string of the molecule is O=C(c1cc(Cl)c(Cl)[nH]1)N1CCC[C@@H]1CO. The average molecular weight is 263 g/mol. The molecule has 0 aliphatic carbocycles. The highest BCUT2D eigenvalue weighted by Crippen LogP contribution is 2.25. The normalized spacial score (nSPS) is 20.4. The van der Waals surface area contributed by atoms with Crippen LogP contribution in [0.5, 0.6) is 0 Å². The Labute approximate surface area is 103 Å². The summed E-state index contributed by atoms with van der Waals surface area (Å²) in [6, 6.07) is 1.42. The van der Waals surface area contributed by atoms with E-state index in [1.54, 1.807) is 4.90 Å². The number of nitrogens with zero attached hydrogens (tertiary/aromatic N) is 1.